The molecule has 0 spiro atoms. The Morgan fingerprint density at radius 3 is 2.65 bits per heavy atom. The highest BCUT2D eigenvalue weighted by molar-refractivity contribution is 5.95. The van der Waals surface area contributed by atoms with Gasteiger partial charge in [-0.3, -0.25) is 4.79 Å². The Labute approximate surface area is 117 Å². The van der Waals surface area contributed by atoms with E-state index in [9.17, 15) is 4.79 Å². The molecule has 1 atom stereocenters. The minimum atomic E-state index is -0.580. The van der Waals surface area contributed by atoms with Gasteiger partial charge in [0.05, 0.1) is 17.4 Å². The van der Waals surface area contributed by atoms with Crippen LogP contribution < -0.4 is 5.32 Å². The Balaban J connectivity index is 2.20. The molecule has 2 N–H and O–H groups in total. The Hall–Kier alpha value is -2.27. The van der Waals surface area contributed by atoms with Crippen molar-refractivity contribution < 1.29 is 9.90 Å². The Morgan fingerprint density at radius 1 is 1.35 bits per heavy atom. The zero-order valence-electron chi connectivity index (χ0n) is 11.5. The highest BCUT2D eigenvalue weighted by atomic mass is 16.3. The first kappa shape index (κ1) is 14.1. The van der Waals surface area contributed by atoms with Crippen molar-refractivity contribution in [2.45, 2.75) is 20.0 Å². The number of carbonyl (C=O) groups excluding carboxylic acids is 1. The maximum absolute atomic E-state index is 11.9. The van der Waals surface area contributed by atoms with Crippen LogP contribution in [0.25, 0.3) is 11.4 Å². The second kappa shape index (κ2) is 6.25. The van der Waals surface area contributed by atoms with Crippen molar-refractivity contribution in [2.75, 3.05) is 6.54 Å². The first-order valence-electron chi connectivity index (χ1n) is 6.43. The molecule has 0 fully saturated rings. The number of aliphatic hydroxyl groups excluding tert-OH is 1. The van der Waals surface area contributed by atoms with Gasteiger partial charge >= 0.3 is 0 Å². The molecule has 2 rings (SSSR count). The standard InChI is InChI=1S/C15H17N3O2/c1-10(19)8-17-15(20)13-9-16-14(18-11(13)2)12-6-4-3-5-7-12/h3-7,9-10,19H,8H2,1-2H3,(H,17,20). The highest BCUT2D eigenvalue weighted by Gasteiger charge is 2.12. The number of nitrogens with one attached hydrogen (secondary N) is 1. The van der Waals surface area contributed by atoms with Crippen molar-refractivity contribution in [3.05, 3.63) is 47.8 Å². The van der Waals surface area contributed by atoms with Gasteiger partial charge in [0.1, 0.15) is 0 Å². The van der Waals surface area contributed by atoms with E-state index < -0.39 is 6.10 Å². The first-order valence-corrected chi connectivity index (χ1v) is 6.43. The van der Waals surface area contributed by atoms with E-state index in [0.717, 1.165) is 5.56 Å². The largest absolute Gasteiger partial charge is 0.392 e. The molecule has 0 saturated heterocycles. The predicted molar refractivity (Wildman–Crippen MR) is 76.2 cm³/mol. The molecule has 0 aliphatic carbocycles. The van der Waals surface area contributed by atoms with Gasteiger partial charge in [0.15, 0.2) is 5.82 Å². The summed E-state index contributed by atoms with van der Waals surface area (Å²) in [7, 11) is 0. The molecule has 5 heteroatoms. The van der Waals surface area contributed by atoms with Crippen molar-refractivity contribution in [3.63, 3.8) is 0 Å². The summed E-state index contributed by atoms with van der Waals surface area (Å²) in [5.41, 5.74) is 1.94. The molecule has 1 aromatic heterocycles. The Morgan fingerprint density at radius 2 is 2.05 bits per heavy atom. The van der Waals surface area contributed by atoms with E-state index in [2.05, 4.69) is 15.3 Å². The van der Waals surface area contributed by atoms with Crippen LogP contribution in [0.4, 0.5) is 0 Å². The summed E-state index contributed by atoms with van der Waals surface area (Å²) in [6, 6.07) is 9.59. The zero-order chi connectivity index (χ0) is 14.5. The molecule has 0 radical (unpaired) electrons. The second-order valence-corrected chi connectivity index (χ2v) is 4.62. The molecule has 0 saturated carbocycles. The summed E-state index contributed by atoms with van der Waals surface area (Å²) in [5.74, 6) is 0.318. The van der Waals surface area contributed by atoms with Crippen LogP contribution in [0.15, 0.2) is 36.5 Å². The zero-order valence-corrected chi connectivity index (χ0v) is 11.5. The summed E-state index contributed by atoms with van der Waals surface area (Å²) >= 11 is 0. The van der Waals surface area contributed by atoms with Gasteiger partial charge in [-0.2, -0.15) is 0 Å². The number of amides is 1. The third-order valence-electron chi connectivity index (χ3n) is 2.81. The van der Waals surface area contributed by atoms with Crippen molar-refractivity contribution in [2.24, 2.45) is 0 Å². The fraction of sp³-hybridized carbons (Fsp3) is 0.267. The quantitative estimate of drug-likeness (QED) is 0.885. The molecular formula is C15H17N3O2. The normalized spacial score (nSPS) is 11.9. The third-order valence-corrected chi connectivity index (χ3v) is 2.81. The molecule has 1 amide bonds. The fourth-order valence-corrected chi connectivity index (χ4v) is 1.75. The SMILES string of the molecule is Cc1nc(-c2ccccc2)ncc1C(=O)NCC(C)O. The van der Waals surface area contributed by atoms with Crippen LogP contribution >= 0.6 is 0 Å². The summed E-state index contributed by atoms with van der Waals surface area (Å²) in [5, 5.41) is 11.8. The molecule has 2 aromatic rings. The maximum Gasteiger partial charge on any atom is 0.254 e. The molecule has 1 heterocycles. The molecule has 104 valence electrons. The van der Waals surface area contributed by atoms with Crippen LogP contribution in [0.1, 0.15) is 23.0 Å². The van der Waals surface area contributed by atoms with E-state index >= 15 is 0 Å². The number of carbonyl (C=O) groups is 1. The van der Waals surface area contributed by atoms with E-state index in [1.165, 1.54) is 6.20 Å². The molecule has 0 aliphatic heterocycles. The van der Waals surface area contributed by atoms with Gasteiger partial charge in [-0.05, 0) is 13.8 Å². The van der Waals surface area contributed by atoms with Crippen LogP contribution in [0.2, 0.25) is 0 Å². The van der Waals surface area contributed by atoms with E-state index in [1.54, 1.807) is 13.8 Å². The number of benzene rings is 1. The molecule has 20 heavy (non-hydrogen) atoms. The first-order chi connectivity index (χ1) is 9.58. The summed E-state index contributed by atoms with van der Waals surface area (Å²) in [4.78, 5) is 20.5. The third kappa shape index (κ3) is 3.39. The molecule has 1 aromatic carbocycles. The lowest BCUT2D eigenvalue weighted by molar-refractivity contribution is 0.0922. The number of hydrogen-bond donors (Lipinski definition) is 2. The summed E-state index contributed by atoms with van der Waals surface area (Å²) in [6.45, 7) is 3.59. The number of hydrogen-bond acceptors (Lipinski definition) is 4. The maximum atomic E-state index is 11.9. The summed E-state index contributed by atoms with van der Waals surface area (Å²) in [6.07, 6.45) is 0.936. The van der Waals surface area contributed by atoms with Gasteiger partial charge in [-0.1, -0.05) is 30.3 Å². The lowest BCUT2D eigenvalue weighted by atomic mass is 10.2. The molecule has 1 unspecified atom stereocenters. The average molecular weight is 271 g/mol. The van der Waals surface area contributed by atoms with Crippen molar-refractivity contribution in [1.82, 2.24) is 15.3 Å². The molecule has 5 nitrogen and oxygen atoms in total. The fourth-order valence-electron chi connectivity index (χ4n) is 1.75. The van der Waals surface area contributed by atoms with Crippen LogP contribution in [0, 0.1) is 6.92 Å². The van der Waals surface area contributed by atoms with Crippen LogP contribution in [0.3, 0.4) is 0 Å². The van der Waals surface area contributed by atoms with E-state index in [4.69, 9.17) is 5.11 Å². The summed E-state index contributed by atoms with van der Waals surface area (Å²) < 4.78 is 0. The van der Waals surface area contributed by atoms with Crippen LogP contribution in [-0.4, -0.2) is 33.6 Å². The van der Waals surface area contributed by atoms with Crippen molar-refractivity contribution >= 4 is 5.91 Å². The van der Waals surface area contributed by atoms with E-state index in [-0.39, 0.29) is 12.5 Å². The van der Waals surface area contributed by atoms with E-state index in [1.807, 2.05) is 30.3 Å². The van der Waals surface area contributed by atoms with Crippen molar-refractivity contribution in [3.8, 4) is 11.4 Å². The number of nitrogens with zero attached hydrogens (tertiary/aromatic N) is 2. The minimum absolute atomic E-state index is 0.207. The average Bonchev–Trinajstić information content (AvgIpc) is 2.45. The smallest absolute Gasteiger partial charge is 0.254 e. The molecule has 0 bridgehead atoms. The lowest BCUT2D eigenvalue weighted by Gasteiger charge is -2.09. The number of aryl methyl sites for hydroxylation is 1. The van der Waals surface area contributed by atoms with Crippen LogP contribution in [0.5, 0.6) is 0 Å². The molecular weight excluding hydrogens is 254 g/mol. The number of aromatic nitrogens is 2. The minimum Gasteiger partial charge on any atom is -0.392 e. The highest BCUT2D eigenvalue weighted by Crippen LogP contribution is 2.15. The predicted octanol–water partition coefficient (Wildman–Crippen LogP) is 1.56. The number of aliphatic hydroxyl groups is 1. The van der Waals surface area contributed by atoms with Gasteiger partial charge in [0.25, 0.3) is 5.91 Å². The topological polar surface area (TPSA) is 75.1 Å². The Kier molecular flexibility index (Phi) is 4.42. The Bertz CT molecular complexity index is 597. The lowest BCUT2D eigenvalue weighted by Crippen LogP contribution is -2.31. The number of rotatable bonds is 4. The van der Waals surface area contributed by atoms with Crippen molar-refractivity contribution in [1.29, 1.82) is 0 Å². The van der Waals surface area contributed by atoms with Gasteiger partial charge in [-0.25, -0.2) is 9.97 Å². The van der Waals surface area contributed by atoms with Gasteiger partial charge in [0.2, 0.25) is 0 Å². The van der Waals surface area contributed by atoms with E-state index in [0.29, 0.717) is 17.1 Å². The molecule has 0 aliphatic rings. The second-order valence-electron chi connectivity index (χ2n) is 4.62. The monoisotopic (exact) mass is 271 g/mol. The van der Waals surface area contributed by atoms with Crippen LogP contribution in [-0.2, 0) is 0 Å². The van der Waals surface area contributed by atoms with Gasteiger partial charge < -0.3 is 10.4 Å². The van der Waals surface area contributed by atoms with Gasteiger partial charge in [-0.15, -0.1) is 0 Å². The van der Waals surface area contributed by atoms with Gasteiger partial charge in [0, 0.05) is 18.3 Å².